The summed E-state index contributed by atoms with van der Waals surface area (Å²) in [5.41, 5.74) is 1.53. The van der Waals surface area contributed by atoms with Crippen LogP contribution in [0.4, 0.5) is 5.69 Å². The third kappa shape index (κ3) is 4.91. The number of aryl methyl sites for hydroxylation is 1. The number of Topliss-reactive ketones (excluding diaryl/α,β-unsaturated/α-hetero) is 1. The molecule has 1 amide bonds. The minimum absolute atomic E-state index is 0.129. The average Bonchev–Trinajstić information content (AvgIpc) is 2.93. The molecule has 1 heterocycles. The number of aromatic nitrogens is 1. The second-order valence-electron chi connectivity index (χ2n) is 4.85. The molecule has 5 nitrogen and oxygen atoms in total. The van der Waals surface area contributed by atoms with Gasteiger partial charge in [0.05, 0.1) is 11.8 Å². The summed E-state index contributed by atoms with van der Waals surface area (Å²) in [4.78, 5) is 28.3. The quantitative estimate of drug-likeness (QED) is 0.812. The summed E-state index contributed by atoms with van der Waals surface area (Å²) in [6.07, 6.45) is 0. The van der Waals surface area contributed by atoms with Gasteiger partial charge in [0, 0.05) is 28.6 Å². The molecule has 2 aromatic rings. The minimum atomic E-state index is -0.806. The SMILES string of the molecule is CC(=O)Nc1ccc(SCC(=O)[C@H](C#N)c2nc(C)cs2)cc1. The molecule has 0 bridgehead atoms. The summed E-state index contributed by atoms with van der Waals surface area (Å²) in [6.45, 7) is 3.29. The van der Waals surface area contributed by atoms with Crippen molar-refractivity contribution in [1.29, 1.82) is 5.26 Å². The number of carbonyl (C=O) groups is 2. The number of ketones is 1. The molecule has 0 saturated carbocycles. The highest BCUT2D eigenvalue weighted by Crippen LogP contribution is 2.25. The number of thiazole rings is 1. The molecule has 1 N–H and O–H groups in total. The summed E-state index contributed by atoms with van der Waals surface area (Å²) in [5, 5.41) is 14.3. The molecule has 0 spiro atoms. The first kappa shape index (κ1) is 17.2. The Morgan fingerprint density at radius 2 is 2.09 bits per heavy atom. The van der Waals surface area contributed by atoms with Gasteiger partial charge in [-0.15, -0.1) is 23.1 Å². The Hall–Kier alpha value is -2.17. The van der Waals surface area contributed by atoms with Crippen LogP contribution in [-0.2, 0) is 9.59 Å². The van der Waals surface area contributed by atoms with Crippen molar-refractivity contribution in [2.45, 2.75) is 24.7 Å². The molecule has 2 rings (SSSR count). The van der Waals surface area contributed by atoms with Crippen molar-refractivity contribution in [3.63, 3.8) is 0 Å². The molecule has 1 aromatic heterocycles. The lowest BCUT2D eigenvalue weighted by molar-refractivity contribution is -0.117. The zero-order chi connectivity index (χ0) is 16.8. The van der Waals surface area contributed by atoms with Crippen molar-refractivity contribution in [1.82, 2.24) is 4.98 Å². The molecule has 0 saturated heterocycles. The highest BCUT2D eigenvalue weighted by atomic mass is 32.2. The topological polar surface area (TPSA) is 82.9 Å². The van der Waals surface area contributed by atoms with Gasteiger partial charge < -0.3 is 5.32 Å². The van der Waals surface area contributed by atoms with Crippen LogP contribution in [0, 0.1) is 18.3 Å². The van der Waals surface area contributed by atoms with Gasteiger partial charge in [0.15, 0.2) is 11.7 Å². The van der Waals surface area contributed by atoms with Crippen molar-refractivity contribution >= 4 is 40.5 Å². The number of thioether (sulfide) groups is 1. The summed E-state index contributed by atoms with van der Waals surface area (Å²) in [5.74, 6) is -0.884. The van der Waals surface area contributed by atoms with Gasteiger partial charge in [-0.3, -0.25) is 9.59 Å². The first-order chi connectivity index (χ1) is 11.0. The molecule has 0 aliphatic carbocycles. The van der Waals surface area contributed by atoms with Gasteiger partial charge in [-0.1, -0.05) is 0 Å². The Labute approximate surface area is 142 Å². The van der Waals surface area contributed by atoms with Crippen LogP contribution < -0.4 is 5.32 Å². The Morgan fingerprint density at radius 1 is 1.39 bits per heavy atom. The summed E-state index contributed by atoms with van der Waals surface area (Å²) >= 11 is 2.70. The largest absolute Gasteiger partial charge is 0.326 e. The predicted octanol–water partition coefficient (Wildman–Crippen LogP) is 3.38. The van der Waals surface area contributed by atoms with Crippen LogP contribution in [0.5, 0.6) is 0 Å². The van der Waals surface area contributed by atoms with Crippen molar-refractivity contribution in [3.05, 3.63) is 40.3 Å². The number of hydrogen-bond donors (Lipinski definition) is 1. The van der Waals surface area contributed by atoms with E-state index in [1.807, 2.05) is 30.5 Å². The maximum Gasteiger partial charge on any atom is 0.221 e. The molecule has 0 fully saturated rings. The van der Waals surface area contributed by atoms with E-state index in [0.717, 1.165) is 10.6 Å². The van der Waals surface area contributed by atoms with Gasteiger partial charge in [0.25, 0.3) is 0 Å². The molecule has 0 aliphatic heterocycles. The van der Waals surface area contributed by atoms with E-state index in [1.165, 1.54) is 30.0 Å². The summed E-state index contributed by atoms with van der Waals surface area (Å²) in [6, 6.07) is 9.25. The summed E-state index contributed by atoms with van der Waals surface area (Å²) < 4.78 is 0. The number of nitriles is 1. The van der Waals surface area contributed by atoms with Gasteiger partial charge in [-0.05, 0) is 31.2 Å². The lowest BCUT2D eigenvalue weighted by Gasteiger charge is -2.06. The lowest BCUT2D eigenvalue weighted by atomic mass is 10.1. The number of nitrogens with one attached hydrogen (secondary N) is 1. The standard InChI is InChI=1S/C16H15N3O2S2/c1-10-8-23-16(18-10)14(7-17)15(21)9-22-13-5-3-12(4-6-13)19-11(2)20/h3-6,8,14H,9H2,1-2H3,(H,19,20)/t14-/m0/s1. The second kappa shape index (κ2) is 7.90. The van der Waals surface area contributed by atoms with Gasteiger partial charge in [-0.2, -0.15) is 5.26 Å². The fourth-order valence-corrected chi connectivity index (χ4v) is 3.51. The maximum absolute atomic E-state index is 12.2. The second-order valence-corrected chi connectivity index (χ2v) is 6.79. The molecule has 0 aliphatic rings. The van der Waals surface area contributed by atoms with Crippen LogP contribution in [0.2, 0.25) is 0 Å². The van der Waals surface area contributed by atoms with E-state index in [4.69, 9.17) is 0 Å². The Morgan fingerprint density at radius 3 is 2.61 bits per heavy atom. The van der Waals surface area contributed by atoms with Crippen molar-refractivity contribution in [2.75, 3.05) is 11.1 Å². The van der Waals surface area contributed by atoms with Crippen LogP contribution in [0.1, 0.15) is 23.5 Å². The van der Waals surface area contributed by atoms with Gasteiger partial charge in [-0.25, -0.2) is 4.98 Å². The highest BCUT2D eigenvalue weighted by molar-refractivity contribution is 8.00. The van der Waals surface area contributed by atoms with Gasteiger partial charge in [0.2, 0.25) is 5.91 Å². The first-order valence-electron chi connectivity index (χ1n) is 6.84. The smallest absolute Gasteiger partial charge is 0.221 e. The number of carbonyl (C=O) groups excluding carboxylic acids is 2. The number of nitrogens with zero attached hydrogens (tertiary/aromatic N) is 2. The van der Waals surface area contributed by atoms with E-state index in [0.29, 0.717) is 10.7 Å². The van der Waals surface area contributed by atoms with Gasteiger partial charge >= 0.3 is 0 Å². The molecule has 1 atom stereocenters. The Balaban J connectivity index is 1.95. The maximum atomic E-state index is 12.2. The molecule has 0 unspecified atom stereocenters. The van der Waals surface area contributed by atoms with Crippen molar-refractivity contribution in [3.8, 4) is 6.07 Å². The van der Waals surface area contributed by atoms with E-state index < -0.39 is 5.92 Å². The molecule has 7 heteroatoms. The summed E-state index contributed by atoms with van der Waals surface area (Å²) in [7, 11) is 0. The number of rotatable bonds is 6. The van der Waals surface area contributed by atoms with Crippen LogP contribution >= 0.6 is 23.1 Å². The average molecular weight is 345 g/mol. The van der Waals surface area contributed by atoms with E-state index >= 15 is 0 Å². The molecule has 23 heavy (non-hydrogen) atoms. The Kier molecular flexibility index (Phi) is 5.90. The van der Waals surface area contributed by atoms with Crippen LogP contribution in [0.15, 0.2) is 34.5 Å². The number of hydrogen-bond acceptors (Lipinski definition) is 6. The third-order valence-corrected chi connectivity index (χ3v) is 4.95. The normalized spacial score (nSPS) is 11.5. The van der Waals surface area contributed by atoms with E-state index in [2.05, 4.69) is 10.3 Å². The van der Waals surface area contributed by atoms with E-state index in [9.17, 15) is 14.9 Å². The first-order valence-corrected chi connectivity index (χ1v) is 8.71. The lowest BCUT2D eigenvalue weighted by Crippen LogP contribution is -2.13. The zero-order valence-electron chi connectivity index (χ0n) is 12.7. The third-order valence-electron chi connectivity index (χ3n) is 2.89. The molecule has 1 aromatic carbocycles. The predicted molar refractivity (Wildman–Crippen MR) is 91.7 cm³/mol. The molecular weight excluding hydrogens is 330 g/mol. The molecular formula is C16H15N3O2S2. The number of amides is 1. The minimum Gasteiger partial charge on any atom is -0.326 e. The van der Waals surface area contributed by atoms with Crippen molar-refractivity contribution in [2.24, 2.45) is 0 Å². The van der Waals surface area contributed by atoms with E-state index in [1.54, 1.807) is 12.1 Å². The monoisotopic (exact) mass is 345 g/mol. The highest BCUT2D eigenvalue weighted by Gasteiger charge is 2.23. The zero-order valence-corrected chi connectivity index (χ0v) is 14.3. The molecule has 0 radical (unpaired) electrons. The number of anilines is 1. The fraction of sp³-hybridized carbons (Fsp3) is 0.250. The van der Waals surface area contributed by atoms with Crippen LogP contribution in [0.3, 0.4) is 0 Å². The van der Waals surface area contributed by atoms with Crippen LogP contribution in [-0.4, -0.2) is 22.4 Å². The fourth-order valence-electron chi connectivity index (χ4n) is 1.85. The Bertz CT molecular complexity index is 747. The van der Waals surface area contributed by atoms with E-state index in [-0.39, 0.29) is 17.4 Å². The van der Waals surface area contributed by atoms with Crippen molar-refractivity contribution < 1.29 is 9.59 Å². The van der Waals surface area contributed by atoms with Gasteiger partial charge in [0.1, 0.15) is 5.01 Å². The number of benzene rings is 1. The van der Waals surface area contributed by atoms with Crippen LogP contribution in [0.25, 0.3) is 0 Å². The molecule has 118 valence electrons.